The fourth-order valence-corrected chi connectivity index (χ4v) is 3.39. The molecule has 1 N–H and O–H groups in total. The maximum Gasteiger partial charge on any atom is 0.508 e. The van der Waals surface area contributed by atoms with E-state index in [4.69, 9.17) is 9.47 Å². The average molecular weight is 358 g/mol. The van der Waals surface area contributed by atoms with Crippen LogP contribution in [0.25, 0.3) is 0 Å². The standard InChI is InChI=1S/C18H30O7/c1-3-24-18(22)25-12-13-10-16(20)14(15(13)11-19)8-6-4-5-7-9-17(21)23-2/h13-15,19H,3-12H2,1-2H3. The van der Waals surface area contributed by atoms with Gasteiger partial charge >= 0.3 is 12.1 Å². The van der Waals surface area contributed by atoms with Crippen molar-refractivity contribution in [2.75, 3.05) is 26.9 Å². The van der Waals surface area contributed by atoms with Crippen LogP contribution < -0.4 is 0 Å². The SMILES string of the molecule is CCOC(=O)OCC1CC(=O)C(CCCCCCC(=O)OC)C1CO. The van der Waals surface area contributed by atoms with Gasteiger partial charge in [-0.3, -0.25) is 9.59 Å². The first-order valence-electron chi connectivity index (χ1n) is 9.03. The first-order valence-corrected chi connectivity index (χ1v) is 9.03. The number of carbonyl (C=O) groups is 3. The van der Waals surface area contributed by atoms with Crippen molar-refractivity contribution in [3.63, 3.8) is 0 Å². The summed E-state index contributed by atoms with van der Waals surface area (Å²) in [5.74, 6) is -0.563. The molecule has 144 valence electrons. The zero-order valence-corrected chi connectivity index (χ0v) is 15.2. The van der Waals surface area contributed by atoms with E-state index in [9.17, 15) is 19.5 Å². The van der Waals surface area contributed by atoms with Gasteiger partial charge < -0.3 is 19.3 Å². The van der Waals surface area contributed by atoms with Crippen LogP contribution in [-0.2, 0) is 23.8 Å². The Bertz CT molecular complexity index is 435. The number of esters is 1. The van der Waals surface area contributed by atoms with Crippen LogP contribution in [-0.4, -0.2) is 49.9 Å². The molecule has 0 radical (unpaired) electrons. The number of ketones is 1. The van der Waals surface area contributed by atoms with Gasteiger partial charge in [0.1, 0.15) is 5.78 Å². The number of ether oxygens (including phenoxy) is 3. The molecule has 1 rings (SSSR count). The molecule has 3 atom stereocenters. The van der Waals surface area contributed by atoms with Crippen LogP contribution in [0.2, 0.25) is 0 Å². The first-order chi connectivity index (χ1) is 12.0. The van der Waals surface area contributed by atoms with E-state index in [-0.39, 0.29) is 49.3 Å². The number of rotatable bonds is 11. The second-order valence-electron chi connectivity index (χ2n) is 6.41. The molecule has 0 saturated heterocycles. The highest BCUT2D eigenvalue weighted by Gasteiger charge is 2.41. The minimum absolute atomic E-state index is 0.0877. The number of aliphatic hydroxyl groups is 1. The van der Waals surface area contributed by atoms with Gasteiger partial charge in [-0.1, -0.05) is 19.3 Å². The number of hydrogen-bond donors (Lipinski definition) is 1. The Morgan fingerprint density at radius 2 is 1.88 bits per heavy atom. The van der Waals surface area contributed by atoms with E-state index in [0.717, 1.165) is 32.1 Å². The Balaban J connectivity index is 2.32. The molecular formula is C18H30O7. The van der Waals surface area contributed by atoms with Gasteiger partial charge in [0.2, 0.25) is 0 Å². The normalized spacial score (nSPS) is 22.7. The minimum Gasteiger partial charge on any atom is -0.469 e. The topological polar surface area (TPSA) is 99.1 Å². The smallest absolute Gasteiger partial charge is 0.469 e. The molecule has 0 aromatic rings. The molecule has 0 spiro atoms. The minimum atomic E-state index is -0.735. The lowest BCUT2D eigenvalue weighted by molar-refractivity contribution is -0.140. The molecule has 7 nitrogen and oxygen atoms in total. The van der Waals surface area contributed by atoms with Gasteiger partial charge in [0.25, 0.3) is 0 Å². The Kier molecular flexibility index (Phi) is 10.1. The molecule has 25 heavy (non-hydrogen) atoms. The van der Waals surface area contributed by atoms with E-state index >= 15 is 0 Å². The summed E-state index contributed by atoms with van der Waals surface area (Å²) in [5, 5.41) is 9.65. The summed E-state index contributed by atoms with van der Waals surface area (Å²) < 4.78 is 14.3. The predicted octanol–water partition coefficient (Wildman–Crippen LogP) is 2.49. The van der Waals surface area contributed by atoms with Gasteiger partial charge in [-0.25, -0.2) is 4.79 Å². The number of methoxy groups -OCH3 is 1. The van der Waals surface area contributed by atoms with Crippen molar-refractivity contribution >= 4 is 17.9 Å². The Labute approximate surface area is 149 Å². The van der Waals surface area contributed by atoms with E-state index in [1.165, 1.54) is 7.11 Å². The van der Waals surface area contributed by atoms with Gasteiger partial charge in [0, 0.05) is 31.3 Å². The quantitative estimate of drug-likeness (QED) is 0.447. The van der Waals surface area contributed by atoms with Crippen LogP contribution >= 0.6 is 0 Å². The molecule has 0 heterocycles. The van der Waals surface area contributed by atoms with Crippen LogP contribution in [0, 0.1) is 17.8 Å². The number of Topliss-reactive ketones (excluding diaryl/α,β-unsaturated/α-hetero) is 1. The van der Waals surface area contributed by atoms with Gasteiger partial charge in [0.05, 0.1) is 20.3 Å². The van der Waals surface area contributed by atoms with E-state index in [0.29, 0.717) is 12.8 Å². The van der Waals surface area contributed by atoms with Crippen molar-refractivity contribution in [1.29, 1.82) is 0 Å². The number of hydrogen-bond acceptors (Lipinski definition) is 7. The monoisotopic (exact) mass is 358 g/mol. The highest BCUT2D eigenvalue weighted by atomic mass is 16.7. The summed E-state index contributed by atoms with van der Waals surface area (Å²) in [6.07, 6.45) is 4.24. The molecule has 1 fully saturated rings. The number of carbonyl (C=O) groups excluding carboxylic acids is 3. The molecular weight excluding hydrogens is 328 g/mol. The van der Waals surface area contributed by atoms with Crippen LogP contribution in [0.15, 0.2) is 0 Å². The lowest BCUT2D eigenvalue weighted by Crippen LogP contribution is -2.25. The van der Waals surface area contributed by atoms with Crippen LogP contribution in [0.4, 0.5) is 4.79 Å². The zero-order valence-electron chi connectivity index (χ0n) is 15.2. The summed E-state index contributed by atoms with van der Waals surface area (Å²) in [5.41, 5.74) is 0. The first kappa shape index (κ1) is 21.4. The fraction of sp³-hybridized carbons (Fsp3) is 0.833. The largest absolute Gasteiger partial charge is 0.508 e. The molecule has 0 amide bonds. The summed E-state index contributed by atoms with van der Waals surface area (Å²) in [4.78, 5) is 34.5. The second-order valence-corrected chi connectivity index (χ2v) is 6.41. The molecule has 1 aliphatic carbocycles. The predicted molar refractivity (Wildman–Crippen MR) is 89.9 cm³/mol. The van der Waals surface area contributed by atoms with Crippen molar-refractivity contribution in [2.45, 2.75) is 51.9 Å². The summed E-state index contributed by atoms with van der Waals surface area (Å²) in [6.45, 7) is 1.95. The van der Waals surface area contributed by atoms with Crippen LogP contribution in [0.5, 0.6) is 0 Å². The maximum absolute atomic E-state index is 12.2. The van der Waals surface area contributed by atoms with Gasteiger partial charge in [-0.15, -0.1) is 0 Å². The summed E-state index contributed by atoms with van der Waals surface area (Å²) in [6, 6.07) is 0. The lowest BCUT2D eigenvalue weighted by Gasteiger charge is -2.21. The summed E-state index contributed by atoms with van der Waals surface area (Å²) in [7, 11) is 1.38. The third-order valence-electron chi connectivity index (χ3n) is 4.76. The molecule has 1 aliphatic rings. The second kappa shape index (κ2) is 11.8. The lowest BCUT2D eigenvalue weighted by atomic mass is 9.86. The van der Waals surface area contributed by atoms with E-state index in [1.54, 1.807) is 6.92 Å². The van der Waals surface area contributed by atoms with E-state index < -0.39 is 6.16 Å². The summed E-state index contributed by atoms with van der Waals surface area (Å²) >= 11 is 0. The number of aliphatic hydroxyl groups excluding tert-OH is 1. The van der Waals surface area contributed by atoms with Gasteiger partial charge in [-0.05, 0) is 25.7 Å². The van der Waals surface area contributed by atoms with E-state index in [1.807, 2.05) is 0 Å². The third-order valence-corrected chi connectivity index (χ3v) is 4.76. The van der Waals surface area contributed by atoms with Crippen molar-refractivity contribution in [1.82, 2.24) is 0 Å². The van der Waals surface area contributed by atoms with E-state index in [2.05, 4.69) is 4.74 Å². The zero-order chi connectivity index (χ0) is 18.7. The number of unbranched alkanes of at least 4 members (excludes halogenated alkanes) is 3. The molecule has 0 aromatic carbocycles. The molecule has 7 heteroatoms. The van der Waals surface area contributed by atoms with Crippen molar-refractivity contribution in [3.05, 3.63) is 0 Å². The highest BCUT2D eigenvalue weighted by Crippen LogP contribution is 2.37. The Morgan fingerprint density at radius 3 is 2.52 bits per heavy atom. The van der Waals surface area contributed by atoms with Gasteiger partial charge in [0.15, 0.2) is 0 Å². The Morgan fingerprint density at radius 1 is 1.16 bits per heavy atom. The van der Waals surface area contributed by atoms with Crippen molar-refractivity contribution in [3.8, 4) is 0 Å². The Hall–Kier alpha value is -1.63. The van der Waals surface area contributed by atoms with Crippen molar-refractivity contribution in [2.24, 2.45) is 17.8 Å². The highest BCUT2D eigenvalue weighted by molar-refractivity contribution is 5.84. The molecule has 3 unspecified atom stereocenters. The maximum atomic E-state index is 12.2. The van der Waals surface area contributed by atoms with Crippen molar-refractivity contribution < 1.29 is 33.7 Å². The molecule has 0 aliphatic heterocycles. The molecule has 0 aromatic heterocycles. The van der Waals surface area contributed by atoms with Crippen LogP contribution in [0.1, 0.15) is 51.9 Å². The van der Waals surface area contributed by atoms with Gasteiger partial charge in [-0.2, -0.15) is 0 Å². The molecule has 1 saturated carbocycles. The van der Waals surface area contributed by atoms with Crippen LogP contribution in [0.3, 0.4) is 0 Å². The average Bonchev–Trinajstić information content (AvgIpc) is 2.90. The molecule has 0 bridgehead atoms. The third kappa shape index (κ3) is 7.42. The fourth-order valence-electron chi connectivity index (χ4n) is 3.39.